The topological polar surface area (TPSA) is 84.4 Å². The number of hydrogen-bond donors (Lipinski definition) is 1. The van der Waals surface area contributed by atoms with Crippen LogP contribution in [0.1, 0.15) is 36.6 Å². The van der Waals surface area contributed by atoms with Crippen molar-refractivity contribution in [2.75, 3.05) is 11.9 Å². The van der Waals surface area contributed by atoms with Crippen LogP contribution in [0.2, 0.25) is 0 Å². The van der Waals surface area contributed by atoms with Crippen LogP contribution in [0.15, 0.2) is 24.4 Å². The maximum Gasteiger partial charge on any atom is 0.292 e. The number of rotatable bonds is 6. The van der Waals surface area contributed by atoms with Gasteiger partial charge in [-0.05, 0) is 23.6 Å². The molecule has 1 aromatic carbocycles. The average Bonchev–Trinajstić information content (AvgIpc) is 2.87. The van der Waals surface area contributed by atoms with Gasteiger partial charge in [0.05, 0.1) is 17.2 Å². The fraction of sp³-hybridized carbons (Fsp3) is 0.438. The predicted molar refractivity (Wildman–Crippen MR) is 88.4 cm³/mol. The van der Waals surface area contributed by atoms with Gasteiger partial charge in [-0.1, -0.05) is 13.8 Å². The normalized spacial score (nSPS) is 11.0. The third-order valence-electron chi connectivity index (χ3n) is 3.72. The molecule has 1 heterocycles. The Bertz CT molecular complexity index is 709. The van der Waals surface area contributed by atoms with Crippen molar-refractivity contribution >= 4 is 11.4 Å². The summed E-state index contributed by atoms with van der Waals surface area (Å²) in [6.45, 7) is 4.50. The van der Waals surface area contributed by atoms with Crippen molar-refractivity contribution in [3.8, 4) is 0 Å². The van der Waals surface area contributed by atoms with Crippen LogP contribution in [0.25, 0.3) is 0 Å². The number of benzene rings is 1. The molecule has 0 spiro atoms. The summed E-state index contributed by atoms with van der Waals surface area (Å²) in [4.78, 5) is 12.7. The zero-order valence-electron chi connectivity index (χ0n) is 13.9. The van der Waals surface area contributed by atoms with E-state index < -0.39 is 4.92 Å². The number of aliphatic hydroxyl groups is 1. The Morgan fingerprint density at radius 3 is 2.70 bits per heavy atom. The van der Waals surface area contributed by atoms with Gasteiger partial charge < -0.3 is 10.0 Å². The van der Waals surface area contributed by atoms with Crippen molar-refractivity contribution in [2.24, 2.45) is 7.05 Å². The van der Waals surface area contributed by atoms with E-state index in [0.29, 0.717) is 17.8 Å². The SMILES string of the molecule is CC(C)c1nn(C)cc1CN(C)c1cc(CO)ccc1[N+](=O)[O-]. The van der Waals surface area contributed by atoms with Crippen LogP contribution in [-0.4, -0.2) is 26.9 Å². The highest BCUT2D eigenvalue weighted by Gasteiger charge is 2.20. The summed E-state index contributed by atoms with van der Waals surface area (Å²) < 4.78 is 1.76. The van der Waals surface area contributed by atoms with Crippen molar-refractivity contribution in [3.05, 3.63) is 51.3 Å². The van der Waals surface area contributed by atoms with E-state index in [1.807, 2.05) is 18.1 Å². The van der Waals surface area contributed by atoms with Crippen molar-refractivity contribution in [3.63, 3.8) is 0 Å². The first kappa shape index (κ1) is 17.0. The number of aromatic nitrogens is 2. The second-order valence-corrected chi connectivity index (χ2v) is 5.96. The lowest BCUT2D eigenvalue weighted by molar-refractivity contribution is -0.384. The Kier molecular flexibility index (Phi) is 5.00. The fourth-order valence-corrected chi connectivity index (χ4v) is 2.63. The molecule has 0 unspecified atom stereocenters. The van der Waals surface area contributed by atoms with Crippen molar-refractivity contribution in [2.45, 2.75) is 32.9 Å². The first-order valence-electron chi connectivity index (χ1n) is 7.45. The van der Waals surface area contributed by atoms with Crippen LogP contribution in [0, 0.1) is 10.1 Å². The number of nitro benzene ring substituents is 1. The molecule has 0 aliphatic rings. The number of anilines is 1. The second kappa shape index (κ2) is 6.78. The molecule has 0 saturated carbocycles. The summed E-state index contributed by atoms with van der Waals surface area (Å²) in [5.41, 5.74) is 3.18. The largest absolute Gasteiger partial charge is 0.392 e. The molecule has 124 valence electrons. The predicted octanol–water partition coefficient (Wildman–Crippen LogP) is 2.58. The van der Waals surface area contributed by atoms with E-state index in [-0.39, 0.29) is 18.2 Å². The molecule has 7 heteroatoms. The van der Waals surface area contributed by atoms with Gasteiger partial charge in [-0.15, -0.1) is 0 Å². The minimum Gasteiger partial charge on any atom is -0.392 e. The highest BCUT2D eigenvalue weighted by molar-refractivity contribution is 5.64. The highest BCUT2D eigenvalue weighted by atomic mass is 16.6. The molecule has 0 atom stereocenters. The van der Waals surface area contributed by atoms with E-state index in [2.05, 4.69) is 18.9 Å². The molecule has 0 fully saturated rings. The van der Waals surface area contributed by atoms with Gasteiger partial charge in [-0.2, -0.15) is 5.10 Å². The molecule has 7 nitrogen and oxygen atoms in total. The minimum atomic E-state index is -0.403. The van der Waals surface area contributed by atoms with E-state index in [0.717, 1.165) is 11.3 Å². The number of aliphatic hydroxyl groups excluding tert-OH is 1. The van der Waals surface area contributed by atoms with Crippen molar-refractivity contribution in [1.29, 1.82) is 0 Å². The molecular formula is C16H22N4O3. The third kappa shape index (κ3) is 3.68. The van der Waals surface area contributed by atoms with Crippen LogP contribution in [0.5, 0.6) is 0 Å². The van der Waals surface area contributed by atoms with E-state index >= 15 is 0 Å². The maximum atomic E-state index is 11.3. The summed E-state index contributed by atoms with van der Waals surface area (Å²) in [6.07, 6.45) is 1.94. The standard InChI is InChI=1S/C16H22N4O3/c1-11(2)16-13(9-19(4)17-16)8-18(3)15-7-12(10-21)5-6-14(15)20(22)23/h5-7,9,11,21H,8,10H2,1-4H3. The number of aryl methyl sites for hydroxylation is 1. The fourth-order valence-electron chi connectivity index (χ4n) is 2.63. The highest BCUT2D eigenvalue weighted by Crippen LogP contribution is 2.30. The second-order valence-electron chi connectivity index (χ2n) is 5.96. The summed E-state index contributed by atoms with van der Waals surface area (Å²) in [6, 6.07) is 4.66. The number of nitro groups is 1. The Hall–Kier alpha value is -2.41. The first-order valence-corrected chi connectivity index (χ1v) is 7.45. The lowest BCUT2D eigenvalue weighted by Gasteiger charge is -2.20. The molecule has 1 aromatic heterocycles. The minimum absolute atomic E-state index is 0.0275. The molecule has 0 radical (unpaired) electrons. The van der Waals surface area contributed by atoms with E-state index in [4.69, 9.17) is 0 Å². The molecule has 2 rings (SSSR count). The molecule has 0 aliphatic carbocycles. The average molecular weight is 318 g/mol. The summed E-state index contributed by atoms with van der Waals surface area (Å²) in [7, 11) is 3.67. The van der Waals surface area contributed by atoms with Gasteiger partial charge in [0.15, 0.2) is 0 Å². The molecule has 0 amide bonds. The van der Waals surface area contributed by atoms with Gasteiger partial charge in [-0.3, -0.25) is 14.8 Å². The van der Waals surface area contributed by atoms with Crippen molar-refractivity contribution in [1.82, 2.24) is 9.78 Å². The van der Waals surface area contributed by atoms with Gasteiger partial charge >= 0.3 is 0 Å². The Morgan fingerprint density at radius 1 is 1.43 bits per heavy atom. The smallest absolute Gasteiger partial charge is 0.292 e. The molecule has 23 heavy (non-hydrogen) atoms. The maximum absolute atomic E-state index is 11.3. The van der Waals surface area contributed by atoms with Crippen LogP contribution >= 0.6 is 0 Å². The molecule has 1 N–H and O–H groups in total. The molecule has 0 saturated heterocycles. The summed E-state index contributed by atoms with van der Waals surface area (Å²) >= 11 is 0. The van der Waals surface area contributed by atoms with Crippen molar-refractivity contribution < 1.29 is 10.0 Å². The Balaban J connectivity index is 2.37. The zero-order valence-corrected chi connectivity index (χ0v) is 13.9. The van der Waals surface area contributed by atoms with Crippen LogP contribution < -0.4 is 4.90 Å². The lowest BCUT2D eigenvalue weighted by Crippen LogP contribution is -2.18. The zero-order chi connectivity index (χ0) is 17.1. The molecule has 0 bridgehead atoms. The van der Waals surface area contributed by atoms with Crippen LogP contribution in [-0.2, 0) is 20.2 Å². The van der Waals surface area contributed by atoms with Gasteiger partial charge in [0.1, 0.15) is 5.69 Å². The van der Waals surface area contributed by atoms with E-state index in [1.165, 1.54) is 6.07 Å². The first-order chi connectivity index (χ1) is 10.8. The lowest BCUT2D eigenvalue weighted by atomic mass is 10.1. The molecular weight excluding hydrogens is 296 g/mol. The Labute approximate surface area is 135 Å². The van der Waals surface area contributed by atoms with Gasteiger partial charge in [0.2, 0.25) is 0 Å². The number of hydrogen-bond acceptors (Lipinski definition) is 5. The van der Waals surface area contributed by atoms with E-state index in [9.17, 15) is 15.2 Å². The third-order valence-corrected chi connectivity index (χ3v) is 3.72. The van der Waals surface area contributed by atoms with Gasteiger partial charge in [-0.25, -0.2) is 0 Å². The van der Waals surface area contributed by atoms with Gasteiger partial charge in [0, 0.05) is 38.5 Å². The van der Waals surface area contributed by atoms with Gasteiger partial charge in [0.25, 0.3) is 5.69 Å². The van der Waals surface area contributed by atoms with Crippen LogP contribution in [0.4, 0.5) is 11.4 Å². The Morgan fingerprint density at radius 2 is 2.13 bits per heavy atom. The number of nitrogens with zero attached hydrogens (tertiary/aromatic N) is 4. The quantitative estimate of drug-likeness (QED) is 0.653. The molecule has 2 aromatic rings. The van der Waals surface area contributed by atoms with Crippen LogP contribution in [0.3, 0.4) is 0 Å². The summed E-state index contributed by atoms with van der Waals surface area (Å²) in [5, 5.41) is 25.0. The monoisotopic (exact) mass is 318 g/mol. The summed E-state index contributed by atoms with van der Waals surface area (Å²) in [5.74, 6) is 0.276. The molecule has 0 aliphatic heterocycles. The van der Waals surface area contributed by atoms with E-state index in [1.54, 1.807) is 23.9 Å².